The van der Waals surface area contributed by atoms with E-state index in [0.29, 0.717) is 0 Å². The van der Waals surface area contributed by atoms with Crippen LogP contribution in [0.25, 0.3) is 0 Å². The van der Waals surface area contributed by atoms with Gasteiger partial charge < -0.3 is 5.73 Å². The van der Waals surface area contributed by atoms with Crippen molar-refractivity contribution in [2.24, 2.45) is 5.73 Å². The number of hydrogen-bond donors (Lipinski definition) is 1. The molecule has 2 rings (SSSR count). The first-order valence-electron chi connectivity index (χ1n) is 5.65. The fourth-order valence-electron chi connectivity index (χ4n) is 2.82. The molecule has 0 spiro atoms. The molecule has 0 atom stereocenters. The first-order chi connectivity index (χ1) is 7.19. The van der Waals surface area contributed by atoms with Crippen LogP contribution in [0.15, 0.2) is 18.2 Å². The van der Waals surface area contributed by atoms with E-state index in [0.717, 1.165) is 11.6 Å². The molecule has 0 heterocycles. The van der Waals surface area contributed by atoms with Gasteiger partial charge in [-0.3, -0.25) is 0 Å². The monoisotopic (exact) mass is 223 g/mol. The minimum atomic E-state index is 0.203. The smallest absolute Gasteiger partial charge is 0.0438 e. The molecule has 1 fully saturated rings. The van der Waals surface area contributed by atoms with Gasteiger partial charge >= 0.3 is 0 Å². The maximum atomic E-state index is 6.17. The fourth-order valence-corrected chi connectivity index (χ4v) is 2.99. The highest BCUT2D eigenvalue weighted by molar-refractivity contribution is 6.31. The molecule has 0 aliphatic heterocycles. The number of rotatable bonds is 2. The maximum absolute atomic E-state index is 6.17. The molecule has 1 aliphatic rings. The van der Waals surface area contributed by atoms with Crippen molar-refractivity contribution in [2.45, 2.75) is 38.0 Å². The van der Waals surface area contributed by atoms with Crippen molar-refractivity contribution in [3.8, 4) is 0 Å². The summed E-state index contributed by atoms with van der Waals surface area (Å²) in [6.45, 7) is 2.85. The van der Waals surface area contributed by atoms with Crippen molar-refractivity contribution in [3.63, 3.8) is 0 Å². The molecule has 1 nitrogen and oxygen atoms in total. The summed E-state index contributed by atoms with van der Waals surface area (Å²) >= 11 is 6.17. The van der Waals surface area contributed by atoms with Gasteiger partial charge in [0, 0.05) is 17.0 Å². The summed E-state index contributed by atoms with van der Waals surface area (Å²) in [6, 6.07) is 6.19. The van der Waals surface area contributed by atoms with Crippen LogP contribution in [-0.4, -0.2) is 6.54 Å². The van der Waals surface area contributed by atoms with E-state index in [2.05, 4.69) is 13.0 Å². The number of halogens is 1. The molecule has 0 radical (unpaired) electrons. The van der Waals surface area contributed by atoms with Crippen LogP contribution in [0.2, 0.25) is 5.02 Å². The Balaban J connectivity index is 2.47. The summed E-state index contributed by atoms with van der Waals surface area (Å²) in [4.78, 5) is 0. The fraction of sp³-hybridized carbons (Fsp3) is 0.538. The minimum Gasteiger partial charge on any atom is -0.330 e. The molecule has 82 valence electrons. The lowest BCUT2D eigenvalue weighted by Crippen LogP contribution is -2.32. The van der Waals surface area contributed by atoms with Crippen molar-refractivity contribution in [3.05, 3.63) is 34.3 Å². The van der Waals surface area contributed by atoms with Crippen LogP contribution in [0.1, 0.15) is 36.8 Å². The van der Waals surface area contributed by atoms with Gasteiger partial charge in [-0.1, -0.05) is 36.6 Å². The summed E-state index contributed by atoms with van der Waals surface area (Å²) in [7, 11) is 0. The normalized spacial score (nSPS) is 19.4. The Morgan fingerprint density at radius 2 is 2.00 bits per heavy atom. The molecule has 15 heavy (non-hydrogen) atoms. The van der Waals surface area contributed by atoms with Crippen LogP contribution in [0.3, 0.4) is 0 Å². The molecule has 0 aromatic heterocycles. The van der Waals surface area contributed by atoms with Gasteiger partial charge in [0.15, 0.2) is 0 Å². The minimum absolute atomic E-state index is 0.203. The van der Waals surface area contributed by atoms with E-state index in [1.54, 1.807) is 0 Å². The van der Waals surface area contributed by atoms with Crippen LogP contribution in [0.5, 0.6) is 0 Å². The number of nitrogens with two attached hydrogens (primary N) is 1. The third-order valence-electron chi connectivity index (χ3n) is 3.79. The van der Waals surface area contributed by atoms with Gasteiger partial charge in [0.2, 0.25) is 0 Å². The Bertz CT molecular complexity index is 354. The van der Waals surface area contributed by atoms with E-state index >= 15 is 0 Å². The molecule has 1 aliphatic carbocycles. The van der Waals surface area contributed by atoms with Gasteiger partial charge in [-0.05, 0) is 37.0 Å². The largest absolute Gasteiger partial charge is 0.330 e. The third kappa shape index (κ3) is 1.79. The van der Waals surface area contributed by atoms with Gasteiger partial charge in [0.05, 0.1) is 0 Å². The molecule has 0 unspecified atom stereocenters. The highest BCUT2D eigenvalue weighted by Crippen LogP contribution is 2.42. The lowest BCUT2D eigenvalue weighted by atomic mass is 9.77. The summed E-state index contributed by atoms with van der Waals surface area (Å²) in [5, 5.41) is 0.868. The molecule has 1 aromatic rings. The van der Waals surface area contributed by atoms with Crippen LogP contribution < -0.4 is 5.73 Å². The quantitative estimate of drug-likeness (QED) is 0.817. The molecule has 1 saturated carbocycles. The van der Waals surface area contributed by atoms with E-state index in [1.807, 2.05) is 12.1 Å². The Hall–Kier alpha value is -0.530. The van der Waals surface area contributed by atoms with Gasteiger partial charge in [-0.2, -0.15) is 0 Å². The average Bonchev–Trinajstić information content (AvgIpc) is 2.72. The zero-order chi connectivity index (χ0) is 10.9. The van der Waals surface area contributed by atoms with Gasteiger partial charge in [-0.15, -0.1) is 0 Å². The average molecular weight is 224 g/mol. The molecule has 0 amide bonds. The van der Waals surface area contributed by atoms with Crippen molar-refractivity contribution < 1.29 is 0 Å². The van der Waals surface area contributed by atoms with Crippen molar-refractivity contribution in [1.29, 1.82) is 0 Å². The number of benzene rings is 1. The summed E-state index contributed by atoms with van der Waals surface area (Å²) in [5.41, 5.74) is 8.76. The Morgan fingerprint density at radius 3 is 2.60 bits per heavy atom. The zero-order valence-electron chi connectivity index (χ0n) is 9.22. The lowest BCUT2D eigenvalue weighted by Gasteiger charge is -2.29. The second kappa shape index (κ2) is 4.15. The summed E-state index contributed by atoms with van der Waals surface area (Å²) in [6.07, 6.45) is 5.02. The van der Waals surface area contributed by atoms with E-state index in [9.17, 15) is 0 Å². The predicted molar refractivity (Wildman–Crippen MR) is 65.4 cm³/mol. The second-order valence-electron chi connectivity index (χ2n) is 4.60. The highest BCUT2D eigenvalue weighted by atomic mass is 35.5. The zero-order valence-corrected chi connectivity index (χ0v) is 9.98. The SMILES string of the molecule is Cc1c(Cl)cccc1C1(CN)CCCC1. The van der Waals surface area contributed by atoms with Gasteiger partial charge in [0.1, 0.15) is 0 Å². The maximum Gasteiger partial charge on any atom is 0.0438 e. The third-order valence-corrected chi connectivity index (χ3v) is 4.20. The van der Waals surface area contributed by atoms with Crippen molar-refractivity contribution in [1.82, 2.24) is 0 Å². The molecule has 1 aromatic carbocycles. The van der Waals surface area contributed by atoms with Crippen LogP contribution in [0.4, 0.5) is 0 Å². The van der Waals surface area contributed by atoms with Gasteiger partial charge in [-0.25, -0.2) is 0 Å². The predicted octanol–water partition coefficient (Wildman–Crippen LogP) is 3.42. The van der Waals surface area contributed by atoms with E-state index in [-0.39, 0.29) is 5.41 Å². The summed E-state index contributed by atoms with van der Waals surface area (Å²) in [5.74, 6) is 0. The second-order valence-corrected chi connectivity index (χ2v) is 5.01. The lowest BCUT2D eigenvalue weighted by molar-refractivity contribution is 0.450. The molecule has 0 saturated heterocycles. The van der Waals surface area contributed by atoms with E-state index < -0.39 is 0 Å². The van der Waals surface area contributed by atoms with Crippen molar-refractivity contribution >= 4 is 11.6 Å². The van der Waals surface area contributed by atoms with Crippen LogP contribution in [0, 0.1) is 6.92 Å². The van der Waals surface area contributed by atoms with Crippen LogP contribution in [-0.2, 0) is 5.41 Å². The molecular weight excluding hydrogens is 206 g/mol. The first-order valence-corrected chi connectivity index (χ1v) is 6.03. The number of hydrogen-bond acceptors (Lipinski definition) is 1. The molecule has 0 bridgehead atoms. The van der Waals surface area contributed by atoms with Crippen molar-refractivity contribution in [2.75, 3.05) is 6.54 Å². The molecule has 2 N–H and O–H groups in total. The standard InChI is InChI=1S/C13H18ClN/c1-10-11(5-4-6-12(10)14)13(9-15)7-2-3-8-13/h4-6H,2-3,7-9,15H2,1H3. The molecular formula is C13H18ClN. The Kier molecular flexibility index (Phi) is 3.03. The van der Waals surface area contributed by atoms with Crippen LogP contribution >= 0.6 is 11.6 Å². The van der Waals surface area contributed by atoms with E-state index in [1.165, 1.54) is 36.8 Å². The topological polar surface area (TPSA) is 26.0 Å². The Morgan fingerprint density at radius 1 is 1.33 bits per heavy atom. The first kappa shape index (κ1) is 11.0. The molecule has 2 heteroatoms. The van der Waals surface area contributed by atoms with E-state index in [4.69, 9.17) is 17.3 Å². The summed E-state index contributed by atoms with van der Waals surface area (Å²) < 4.78 is 0. The van der Waals surface area contributed by atoms with Gasteiger partial charge in [0.25, 0.3) is 0 Å². The Labute approximate surface area is 96.6 Å². The highest BCUT2D eigenvalue weighted by Gasteiger charge is 2.35.